The Labute approximate surface area is 191 Å². The summed E-state index contributed by atoms with van der Waals surface area (Å²) in [5.74, 6) is -1.66. The molecule has 0 bridgehead atoms. The van der Waals surface area contributed by atoms with E-state index < -0.39 is 5.92 Å². The van der Waals surface area contributed by atoms with Crippen molar-refractivity contribution in [3.05, 3.63) is 86.3 Å². The Bertz CT molecular complexity index is 1390. The van der Waals surface area contributed by atoms with Gasteiger partial charge in [0.15, 0.2) is 16.9 Å². The number of fused-ring (bicyclic) bond motifs is 1. The first-order valence-corrected chi connectivity index (χ1v) is 11.5. The van der Waals surface area contributed by atoms with Crippen LogP contribution in [0.4, 0.5) is 4.39 Å². The van der Waals surface area contributed by atoms with Gasteiger partial charge in [0, 0.05) is 11.1 Å². The van der Waals surface area contributed by atoms with Crippen LogP contribution in [0.15, 0.2) is 63.9 Å². The van der Waals surface area contributed by atoms with E-state index in [9.17, 15) is 19.2 Å². The lowest BCUT2D eigenvalue weighted by Gasteiger charge is -2.13. The number of carbonyl (C=O) groups excluding carboxylic acids is 1. The number of aryl methyl sites for hydroxylation is 1. The van der Waals surface area contributed by atoms with Gasteiger partial charge in [-0.25, -0.2) is 14.4 Å². The van der Waals surface area contributed by atoms with Gasteiger partial charge in [-0.15, -0.1) is 11.3 Å². The zero-order valence-electron chi connectivity index (χ0n) is 17.0. The summed E-state index contributed by atoms with van der Waals surface area (Å²) in [5, 5.41) is 12.6. The highest BCUT2D eigenvalue weighted by molar-refractivity contribution is 7.99. The average molecular weight is 465 g/mol. The van der Waals surface area contributed by atoms with E-state index in [2.05, 4.69) is 9.97 Å². The summed E-state index contributed by atoms with van der Waals surface area (Å²) in [6, 6.07) is 14.9. The predicted octanol–water partition coefficient (Wildman–Crippen LogP) is 4.32. The van der Waals surface area contributed by atoms with E-state index in [1.165, 1.54) is 28.0 Å². The van der Waals surface area contributed by atoms with E-state index in [4.69, 9.17) is 0 Å². The SMILES string of the molecule is Cc1csc([C@H](C#N)C(=O)CSc2nc3ccccc3c(=O)n2Cc2ccc(F)cc2)n1. The third kappa shape index (κ3) is 4.61. The minimum atomic E-state index is -0.959. The zero-order chi connectivity index (χ0) is 22.7. The van der Waals surface area contributed by atoms with E-state index in [0.717, 1.165) is 23.0 Å². The van der Waals surface area contributed by atoms with Gasteiger partial charge in [0.05, 0.1) is 29.3 Å². The molecule has 0 saturated carbocycles. The van der Waals surface area contributed by atoms with Crippen LogP contribution in [0.2, 0.25) is 0 Å². The van der Waals surface area contributed by atoms with Crippen molar-refractivity contribution >= 4 is 39.8 Å². The summed E-state index contributed by atoms with van der Waals surface area (Å²) >= 11 is 2.38. The molecule has 0 aliphatic heterocycles. The molecule has 0 fully saturated rings. The normalized spacial score (nSPS) is 11.9. The van der Waals surface area contributed by atoms with Gasteiger partial charge in [0.1, 0.15) is 10.8 Å². The van der Waals surface area contributed by atoms with E-state index in [-0.39, 0.29) is 29.5 Å². The summed E-state index contributed by atoms with van der Waals surface area (Å²) in [5.41, 5.74) is 1.76. The molecule has 1 atom stereocenters. The molecular formula is C23H17FN4O2S2. The number of Topliss-reactive ketones (excluding diaryl/α,β-unsaturated/α-hetero) is 1. The van der Waals surface area contributed by atoms with Crippen molar-refractivity contribution in [1.29, 1.82) is 5.26 Å². The van der Waals surface area contributed by atoms with Crippen LogP contribution in [0.25, 0.3) is 10.9 Å². The van der Waals surface area contributed by atoms with Crippen molar-refractivity contribution in [1.82, 2.24) is 14.5 Å². The van der Waals surface area contributed by atoms with Gasteiger partial charge in [-0.3, -0.25) is 14.2 Å². The fourth-order valence-electron chi connectivity index (χ4n) is 3.16. The quantitative estimate of drug-likeness (QED) is 0.299. The number of nitrogens with zero attached hydrogens (tertiary/aromatic N) is 4. The molecule has 32 heavy (non-hydrogen) atoms. The van der Waals surface area contributed by atoms with Crippen molar-refractivity contribution in [3.63, 3.8) is 0 Å². The smallest absolute Gasteiger partial charge is 0.262 e. The number of nitriles is 1. The fraction of sp³-hybridized carbons (Fsp3) is 0.174. The second-order valence-corrected chi connectivity index (χ2v) is 8.91. The van der Waals surface area contributed by atoms with Crippen molar-refractivity contribution in [3.8, 4) is 6.07 Å². The zero-order valence-corrected chi connectivity index (χ0v) is 18.6. The Morgan fingerprint density at radius 3 is 2.66 bits per heavy atom. The number of para-hydroxylation sites is 1. The van der Waals surface area contributed by atoms with Gasteiger partial charge in [-0.05, 0) is 36.8 Å². The van der Waals surface area contributed by atoms with Crippen molar-refractivity contribution < 1.29 is 9.18 Å². The number of aromatic nitrogens is 3. The van der Waals surface area contributed by atoms with Crippen molar-refractivity contribution in [2.24, 2.45) is 0 Å². The van der Waals surface area contributed by atoms with Crippen molar-refractivity contribution in [2.75, 3.05) is 5.75 Å². The molecule has 0 amide bonds. The van der Waals surface area contributed by atoms with Crippen LogP contribution in [-0.2, 0) is 11.3 Å². The van der Waals surface area contributed by atoms with Crippen LogP contribution in [0.3, 0.4) is 0 Å². The first kappa shape index (κ1) is 21.9. The number of thiazole rings is 1. The van der Waals surface area contributed by atoms with Gasteiger partial charge >= 0.3 is 0 Å². The molecule has 0 N–H and O–H groups in total. The average Bonchev–Trinajstić information content (AvgIpc) is 3.22. The van der Waals surface area contributed by atoms with Gasteiger partial charge < -0.3 is 0 Å². The number of halogens is 1. The Balaban J connectivity index is 1.66. The van der Waals surface area contributed by atoms with E-state index >= 15 is 0 Å². The molecule has 2 aromatic carbocycles. The largest absolute Gasteiger partial charge is 0.297 e. The Kier molecular flexibility index (Phi) is 6.44. The summed E-state index contributed by atoms with van der Waals surface area (Å²) < 4.78 is 14.8. The molecular weight excluding hydrogens is 447 g/mol. The minimum Gasteiger partial charge on any atom is -0.297 e. The molecule has 160 valence electrons. The predicted molar refractivity (Wildman–Crippen MR) is 122 cm³/mol. The van der Waals surface area contributed by atoms with Crippen LogP contribution in [0, 0.1) is 24.1 Å². The first-order chi connectivity index (χ1) is 15.5. The molecule has 0 spiro atoms. The van der Waals surface area contributed by atoms with Gasteiger partial charge in [-0.1, -0.05) is 36.0 Å². The number of benzene rings is 2. The number of hydrogen-bond acceptors (Lipinski definition) is 7. The molecule has 4 aromatic rings. The third-order valence-electron chi connectivity index (χ3n) is 4.76. The monoisotopic (exact) mass is 464 g/mol. The summed E-state index contributed by atoms with van der Waals surface area (Å²) in [6.07, 6.45) is 0. The fourth-order valence-corrected chi connectivity index (χ4v) is 4.92. The van der Waals surface area contributed by atoms with Gasteiger partial charge in [-0.2, -0.15) is 5.26 Å². The number of carbonyl (C=O) groups is 1. The standard InChI is InChI=1S/C23H17FN4O2S2/c1-14-12-31-21(26-14)18(10-25)20(29)13-32-23-27-19-5-3-2-4-17(19)22(30)28(23)11-15-6-8-16(24)9-7-15/h2-9,12,18H,11,13H2,1H3/t18-/m1/s1. The van der Waals surface area contributed by atoms with E-state index in [1.54, 1.807) is 48.7 Å². The molecule has 0 saturated heterocycles. The number of ketones is 1. The lowest BCUT2D eigenvalue weighted by molar-refractivity contribution is -0.116. The second-order valence-electron chi connectivity index (χ2n) is 7.07. The lowest BCUT2D eigenvalue weighted by Crippen LogP contribution is -2.24. The van der Waals surface area contributed by atoms with Crippen LogP contribution in [0.1, 0.15) is 22.2 Å². The minimum absolute atomic E-state index is 0.0367. The highest BCUT2D eigenvalue weighted by Crippen LogP contribution is 2.25. The molecule has 6 nitrogen and oxygen atoms in total. The molecule has 0 aliphatic carbocycles. The first-order valence-electron chi connectivity index (χ1n) is 9.67. The molecule has 9 heteroatoms. The van der Waals surface area contributed by atoms with E-state index in [1.807, 2.05) is 6.07 Å². The highest BCUT2D eigenvalue weighted by atomic mass is 32.2. The van der Waals surface area contributed by atoms with Crippen LogP contribution in [-0.4, -0.2) is 26.1 Å². The van der Waals surface area contributed by atoms with Crippen LogP contribution >= 0.6 is 23.1 Å². The summed E-state index contributed by atoms with van der Waals surface area (Å²) in [4.78, 5) is 34.8. The third-order valence-corrected chi connectivity index (χ3v) is 6.79. The lowest BCUT2D eigenvalue weighted by atomic mass is 10.1. The van der Waals surface area contributed by atoms with Crippen LogP contribution < -0.4 is 5.56 Å². The molecule has 4 rings (SSSR count). The second kappa shape index (κ2) is 9.42. The maximum absolute atomic E-state index is 13.3. The van der Waals surface area contributed by atoms with Gasteiger partial charge in [0.25, 0.3) is 5.56 Å². The molecule has 0 aliphatic rings. The maximum Gasteiger partial charge on any atom is 0.262 e. The molecule has 2 aromatic heterocycles. The van der Waals surface area contributed by atoms with Gasteiger partial charge in [0.2, 0.25) is 0 Å². The topological polar surface area (TPSA) is 88.6 Å². The van der Waals surface area contributed by atoms with Crippen molar-refractivity contribution in [2.45, 2.75) is 24.5 Å². The Hall–Kier alpha value is -3.35. The number of thioether (sulfide) groups is 1. The molecule has 0 radical (unpaired) electrons. The summed E-state index contributed by atoms with van der Waals surface area (Å²) in [6.45, 7) is 1.99. The number of hydrogen-bond donors (Lipinski definition) is 0. The summed E-state index contributed by atoms with van der Waals surface area (Å²) in [7, 11) is 0. The maximum atomic E-state index is 13.3. The van der Waals surface area contributed by atoms with Crippen LogP contribution in [0.5, 0.6) is 0 Å². The highest BCUT2D eigenvalue weighted by Gasteiger charge is 2.24. The molecule has 0 unspecified atom stereocenters. The Morgan fingerprint density at radius 2 is 1.97 bits per heavy atom. The Morgan fingerprint density at radius 1 is 1.22 bits per heavy atom. The number of rotatable bonds is 7. The molecule has 2 heterocycles. The van der Waals surface area contributed by atoms with E-state index in [0.29, 0.717) is 21.1 Å².